The molecule has 3 N–H and O–H groups in total. The van der Waals surface area contributed by atoms with Crippen LogP contribution in [0.5, 0.6) is 0 Å². The van der Waals surface area contributed by atoms with Crippen molar-refractivity contribution in [1.82, 2.24) is 20.3 Å². The number of hydrogen-bond acceptors (Lipinski definition) is 2. The summed E-state index contributed by atoms with van der Waals surface area (Å²) in [6.07, 6.45) is 7.84. The molecule has 0 radical (unpaired) electrons. The van der Waals surface area contributed by atoms with Gasteiger partial charge >= 0.3 is 0 Å². The lowest BCUT2D eigenvalue weighted by Crippen LogP contribution is -2.15. The van der Waals surface area contributed by atoms with Gasteiger partial charge in [0.15, 0.2) is 0 Å². The van der Waals surface area contributed by atoms with Crippen molar-refractivity contribution in [2.24, 2.45) is 0 Å². The van der Waals surface area contributed by atoms with E-state index < -0.39 is 0 Å². The third kappa shape index (κ3) is 2.85. The Morgan fingerprint density at radius 1 is 1.16 bits per heavy atom. The number of aryl methyl sites for hydroxylation is 1. The lowest BCUT2D eigenvalue weighted by molar-refractivity contribution is 0.643. The number of fused-ring (bicyclic) bond motifs is 1. The number of benzene rings is 1. The molecular formula is C15H18N4. The van der Waals surface area contributed by atoms with E-state index in [2.05, 4.69) is 50.7 Å². The van der Waals surface area contributed by atoms with E-state index in [9.17, 15) is 0 Å². The van der Waals surface area contributed by atoms with Gasteiger partial charge in [0.1, 0.15) is 5.82 Å². The number of aromatic nitrogens is 3. The van der Waals surface area contributed by atoms with Crippen LogP contribution in [0.25, 0.3) is 10.9 Å². The average Bonchev–Trinajstić information content (AvgIpc) is 3.08. The van der Waals surface area contributed by atoms with Gasteiger partial charge in [0, 0.05) is 42.5 Å². The maximum absolute atomic E-state index is 4.22. The van der Waals surface area contributed by atoms with Gasteiger partial charge in [-0.3, -0.25) is 0 Å². The molecule has 0 unspecified atom stereocenters. The SMILES string of the molecule is c1ccc2c(CNCCCc3ncc[nH]3)c[nH]c2c1. The van der Waals surface area contributed by atoms with E-state index in [-0.39, 0.29) is 0 Å². The Labute approximate surface area is 112 Å². The van der Waals surface area contributed by atoms with Crippen LogP contribution in [0, 0.1) is 0 Å². The third-order valence-electron chi connectivity index (χ3n) is 3.31. The molecule has 0 spiro atoms. The van der Waals surface area contributed by atoms with E-state index in [0.717, 1.165) is 31.8 Å². The molecule has 3 rings (SSSR count). The third-order valence-corrected chi connectivity index (χ3v) is 3.31. The first-order chi connectivity index (χ1) is 9.43. The van der Waals surface area contributed by atoms with Crippen molar-refractivity contribution in [3.63, 3.8) is 0 Å². The van der Waals surface area contributed by atoms with Crippen LogP contribution in [-0.4, -0.2) is 21.5 Å². The first-order valence-corrected chi connectivity index (χ1v) is 6.67. The maximum atomic E-state index is 4.22. The van der Waals surface area contributed by atoms with Crippen LogP contribution in [-0.2, 0) is 13.0 Å². The predicted octanol–water partition coefficient (Wildman–Crippen LogP) is 2.61. The minimum atomic E-state index is 0.905. The Morgan fingerprint density at radius 2 is 2.11 bits per heavy atom. The normalized spacial score (nSPS) is 11.2. The molecule has 0 aliphatic rings. The van der Waals surface area contributed by atoms with Crippen molar-refractivity contribution in [2.75, 3.05) is 6.54 Å². The van der Waals surface area contributed by atoms with Gasteiger partial charge in [-0.05, 0) is 24.6 Å². The second kappa shape index (κ2) is 5.71. The summed E-state index contributed by atoms with van der Waals surface area (Å²) < 4.78 is 0. The number of hydrogen-bond donors (Lipinski definition) is 3. The molecule has 0 aliphatic carbocycles. The number of H-pyrrole nitrogens is 2. The number of imidazole rings is 1. The molecule has 1 aromatic carbocycles. The average molecular weight is 254 g/mol. The van der Waals surface area contributed by atoms with Gasteiger partial charge in [-0.1, -0.05) is 18.2 Å². The standard InChI is InChI=1S/C15H18N4/c1-2-5-14-13(4-1)12(11-19-14)10-16-7-3-6-15-17-8-9-18-15/h1-2,4-5,8-9,11,16,19H,3,6-7,10H2,(H,17,18). The Hall–Kier alpha value is -2.07. The summed E-state index contributed by atoms with van der Waals surface area (Å²) in [5, 5.41) is 4.79. The maximum Gasteiger partial charge on any atom is 0.106 e. The van der Waals surface area contributed by atoms with Crippen LogP contribution in [0.1, 0.15) is 17.8 Å². The van der Waals surface area contributed by atoms with Crippen molar-refractivity contribution in [1.29, 1.82) is 0 Å². The van der Waals surface area contributed by atoms with Gasteiger partial charge in [-0.2, -0.15) is 0 Å². The highest BCUT2D eigenvalue weighted by Gasteiger charge is 2.01. The highest BCUT2D eigenvalue weighted by atomic mass is 14.9. The number of para-hydroxylation sites is 1. The molecule has 3 aromatic rings. The molecule has 0 amide bonds. The van der Waals surface area contributed by atoms with Gasteiger partial charge in [-0.25, -0.2) is 4.98 Å². The summed E-state index contributed by atoms with van der Waals surface area (Å²) in [5.41, 5.74) is 2.53. The molecule has 4 nitrogen and oxygen atoms in total. The summed E-state index contributed by atoms with van der Waals surface area (Å²) in [6.45, 7) is 1.91. The van der Waals surface area contributed by atoms with Crippen LogP contribution in [0.15, 0.2) is 42.9 Å². The fourth-order valence-corrected chi connectivity index (χ4v) is 2.32. The highest BCUT2D eigenvalue weighted by molar-refractivity contribution is 5.82. The molecule has 0 atom stereocenters. The molecule has 0 fully saturated rings. The van der Waals surface area contributed by atoms with Crippen molar-refractivity contribution in [3.05, 3.63) is 54.2 Å². The lowest BCUT2D eigenvalue weighted by atomic mass is 10.2. The quantitative estimate of drug-likeness (QED) is 0.592. The van der Waals surface area contributed by atoms with Crippen molar-refractivity contribution < 1.29 is 0 Å². The van der Waals surface area contributed by atoms with Gasteiger partial charge in [0.25, 0.3) is 0 Å². The summed E-state index contributed by atoms with van der Waals surface area (Å²) in [4.78, 5) is 10.6. The zero-order valence-electron chi connectivity index (χ0n) is 10.8. The van der Waals surface area contributed by atoms with Crippen molar-refractivity contribution >= 4 is 10.9 Å². The first-order valence-electron chi connectivity index (χ1n) is 6.67. The second-order valence-electron chi connectivity index (χ2n) is 4.68. The van der Waals surface area contributed by atoms with Gasteiger partial charge in [0.2, 0.25) is 0 Å². The van der Waals surface area contributed by atoms with Crippen molar-refractivity contribution in [3.8, 4) is 0 Å². The van der Waals surface area contributed by atoms with Crippen LogP contribution >= 0.6 is 0 Å². The molecule has 2 heterocycles. The van der Waals surface area contributed by atoms with E-state index in [1.807, 2.05) is 6.20 Å². The molecule has 4 heteroatoms. The summed E-state index contributed by atoms with van der Waals surface area (Å²) in [6, 6.07) is 8.40. The van der Waals surface area contributed by atoms with Crippen LogP contribution < -0.4 is 5.32 Å². The number of aromatic amines is 2. The molecule has 98 valence electrons. The second-order valence-corrected chi connectivity index (χ2v) is 4.68. The first kappa shape index (κ1) is 12.0. The molecule has 0 saturated heterocycles. The Kier molecular flexibility index (Phi) is 3.61. The molecule has 0 bridgehead atoms. The number of rotatable bonds is 6. The van der Waals surface area contributed by atoms with Gasteiger partial charge in [0.05, 0.1) is 0 Å². The summed E-state index contributed by atoms with van der Waals surface area (Å²) in [5.74, 6) is 1.06. The lowest BCUT2D eigenvalue weighted by Gasteiger charge is -2.03. The van der Waals surface area contributed by atoms with Gasteiger partial charge in [-0.15, -0.1) is 0 Å². The van der Waals surface area contributed by atoms with Crippen molar-refractivity contribution in [2.45, 2.75) is 19.4 Å². The monoisotopic (exact) mass is 254 g/mol. The van der Waals surface area contributed by atoms with Crippen LogP contribution in [0.3, 0.4) is 0 Å². The zero-order valence-corrected chi connectivity index (χ0v) is 10.8. The largest absolute Gasteiger partial charge is 0.361 e. The minimum absolute atomic E-state index is 0.905. The van der Waals surface area contributed by atoms with Crippen LogP contribution in [0.4, 0.5) is 0 Å². The summed E-state index contributed by atoms with van der Waals surface area (Å²) >= 11 is 0. The number of nitrogens with zero attached hydrogens (tertiary/aromatic N) is 1. The van der Waals surface area contributed by atoms with E-state index in [1.54, 1.807) is 6.20 Å². The molecule has 19 heavy (non-hydrogen) atoms. The van der Waals surface area contributed by atoms with E-state index in [1.165, 1.54) is 16.5 Å². The van der Waals surface area contributed by atoms with Gasteiger partial charge < -0.3 is 15.3 Å². The predicted molar refractivity (Wildman–Crippen MR) is 76.9 cm³/mol. The Bertz CT molecular complexity index is 624. The molecular weight excluding hydrogens is 236 g/mol. The van der Waals surface area contributed by atoms with E-state index in [0.29, 0.717) is 0 Å². The zero-order chi connectivity index (χ0) is 12.9. The highest BCUT2D eigenvalue weighted by Crippen LogP contribution is 2.17. The number of nitrogens with one attached hydrogen (secondary N) is 3. The smallest absolute Gasteiger partial charge is 0.106 e. The van der Waals surface area contributed by atoms with Crippen LogP contribution in [0.2, 0.25) is 0 Å². The summed E-state index contributed by atoms with van der Waals surface area (Å²) in [7, 11) is 0. The van der Waals surface area contributed by atoms with E-state index >= 15 is 0 Å². The minimum Gasteiger partial charge on any atom is -0.361 e. The Morgan fingerprint density at radius 3 is 3.00 bits per heavy atom. The Balaban J connectivity index is 1.47. The molecule has 0 aliphatic heterocycles. The topological polar surface area (TPSA) is 56.5 Å². The van der Waals surface area contributed by atoms with E-state index in [4.69, 9.17) is 0 Å². The molecule has 2 aromatic heterocycles. The fourth-order valence-electron chi connectivity index (χ4n) is 2.32. The fraction of sp³-hybridized carbons (Fsp3) is 0.267. The molecule has 0 saturated carbocycles.